The number of ether oxygens (including phenoxy) is 1. The zero-order chi connectivity index (χ0) is 6.95. The molecule has 0 aliphatic rings. The van der Waals surface area contributed by atoms with Gasteiger partial charge in [-0.05, 0) is 18.6 Å². The average molecular weight is 146 g/mol. The highest BCUT2D eigenvalue weighted by molar-refractivity contribution is 7.80. The van der Waals surface area contributed by atoms with Crippen LogP contribution in [-0.4, -0.2) is 19.0 Å². The molecule has 0 aliphatic carbocycles. The molecule has 0 N–H and O–H groups in total. The minimum Gasteiger partial charge on any atom is -0.377 e. The average Bonchev–Trinajstić information content (AvgIpc) is 1.89. The lowest BCUT2D eigenvalue weighted by molar-refractivity contribution is 0.159. The van der Waals surface area contributed by atoms with Crippen LogP contribution in [0.4, 0.5) is 0 Å². The predicted molar refractivity (Wildman–Crippen MR) is 44.1 cm³/mol. The Morgan fingerprint density at radius 3 is 2.78 bits per heavy atom. The van der Waals surface area contributed by atoms with Gasteiger partial charge in [-0.1, -0.05) is 6.08 Å². The van der Waals surface area contributed by atoms with Crippen molar-refractivity contribution < 1.29 is 4.74 Å². The van der Waals surface area contributed by atoms with E-state index in [0.717, 1.165) is 25.2 Å². The van der Waals surface area contributed by atoms with Crippen molar-refractivity contribution in [2.45, 2.75) is 12.8 Å². The molecule has 0 rings (SSSR count). The fourth-order valence-corrected chi connectivity index (χ4v) is 0.706. The molecule has 0 unspecified atom stereocenters. The van der Waals surface area contributed by atoms with Crippen molar-refractivity contribution in [3.63, 3.8) is 0 Å². The summed E-state index contributed by atoms with van der Waals surface area (Å²) in [6.45, 7) is 5.05. The summed E-state index contributed by atoms with van der Waals surface area (Å²) in [7, 11) is 0. The molecule has 0 aromatic heterocycles. The van der Waals surface area contributed by atoms with Crippen LogP contribution in [0, 0.1) is 0 Å². The Kier molecular flexibility index (Phi) is 8.09. The third-order valence-electron chi connectivity index (χ3n) is 0.932. The molecule has 0 aliphatic heterocycles. The van der Waals surface area contributed by atoms with E-state index in [2.05, 4.69) is 19.2 Å². The number of thiol groups is 1. The molecule has 0 radical (unpaired) electrons. The van der Waals surface area contributed by atoms with Gasteiger partial charge in [0.15, 0.2) is 0 Å². The zero-order valence-corrected chi connectivity index (χ0v) is 6.57. The van der Waals surface area contributed by atoms with Gasteiger partial charge >= 0.3 is 0 Å². The minimum atomic E-state index is 0.673. The van der Waals surface area contributed by atoms with Crippen LogP contribution in [0.3, 0.4) is 0 Å². The van der Waals surface area contributed by atoms with E-state index in [1.807, 2.05) is 0 Å². The maximum atomic E-state index is 5.13. The summed E-state index contributed by atoms with van der Waals surface area (Å²) in [4.78, 5) is 0. The molecule has 0 aromatic carbocycles. The van der Waals surface area contributed by atoms with Crippen LogP contribution in [0.5, 0.6) is 0 Å². The molecule has 54 valence electrons. The maximum Gasteiger partial charge on any atom is 0.0644 e. The first-order valence-corrected chi connectivity index (χ1v) is 3.84. The first kappa shape index (κ1) is 9.05. The highest BCUT2D eigenvalue weighted by atomic mass is 32.1. The minimum absolute atomic E-state index is 0.673. The summed E-state index contributed by atoms with van der Waals surface area (Å²) < 4.78 is 5.13. The number of hydrogen-bond donors (Lipinski definition) is 1. The molecule has 0 bridgehead atoms. The van der Waals surface area contributed by atoms with Gasteiger partial charge in [0.2, 0.25) is 0 Å². The number of hydrogen-bond acceptors (Lipinski definition) is 2. The summed E-state index contributed by atoms with van der Waals surface area (Å²) >= 11 is 4.07. The monoisotopic (exact) mass is 146 g/mol. The van der Waals surface area contributed by atoms with Gasteiger partial charge in [0.05, 0.1) is 6.61 Å². The third kappa shape index (κ3) is 8.05. The van der Waals surface area contributed by atoms with Gasteiger partial charge in [0, 0.05) is 6.61 Å². The van der Waals surface area contributed by atoms with Crippen molar-refractivity contribution in [2.24, 2.45) is 0 Å². The van der Waals surface area contributed by atoms with E-state index in [4.69, 9.17) is 4.74 Å². The van der Waals surface area contributed by atoms with Gasteiger partial charge in [-0.25, -0.2) is 0 Å². The Labute approximate surface area is 62.5 Å². The van der Waals surface area contributed by atoms with E-state index in [0.29, 0.717) is 6.61 Å². The van der Waals surface area contributed by atoms with Crippen molar-refractivity contribution in [3.05, 3.63) is 12.7 Å². The number of unbranched alkanes of at least 4 members (excludes halogenated alkanes) is 1. The highest BCUT2D eigenvalue weighted by Gasteiger charge is 1.83. The molecule has 2 heteroatoms. The first-order chi connectivity index (χ1) is 4.41. The topological polar surface area (TPSA) is 9.23 Å². The van der Waals surface area contributed by atoms with E-state index in [-0.39, 0.29) is 0 Å². The third-order valence-corrected chi connectivity index (χ3v) is 1.25. The van der Waals surface area contributed by atoms with Crippen LogP contribution < -0.4 is 0 Å². The Bertz CT molecular complexity index is 63.9. The lowest BCUT2D eigenvalue weighted by Crippen LogP contribution is -1.93. The van der Waals surface area contributed by atoms with Gasteiger partial charge < -0.3 is 4.74 Å². The molecule has 0 atom stereocenters. The highest BCUT2D eigenvalue weighted by Crippen LogP contribution is 1.91. The summed E-state index contributed by atoms with van der Waals surface area (Å²) in [5.41, 5.74) is 0. The van der Waals surface area contributed by atoms with E-state index in [9.17, 15) is 0 Å². The van der Waals surface area contributed by atoms with Crippen LogP contribution in [0.2, 0.25) is 0 Å². The normalized spacial score (nSPS) is 9.44. The standard InChI is InChI=1S/C7H14OS/c1-2-5-8-6-3-4-7-9/h2,9H,1,3-7H2. The van der Waals surface area contributed by atoms with Crippen molar-refractivity contribution in [1.82, 2.24) is 0 Å². The smallest absolute Gasteiger partial charge is 0.0644 e. The first-order valence-electron chi connectivity index (χ1n) is 3.21. The molecule has 0 spiro atoms. The van der Waals surface area contributed by atoms with Gasteiger partial charge in [0.1, 0.15) is 0 Å². The van der Waals surface area contributed by atoms with Gasteiger partial charge in [0.25, 0.3) is 0 Å². The van der Waals surface area contributed by atoms with Crippen LogP contribution in [0.1, 0.15) is 12.8 Å². The predicted octanol–water partition coefficient (Wildman–Crippen LogP) is 1.90. The van der Waals surface area contributed by atoms with E-state index >= 15 is 0 Å². The summed E-state index contributed by atoms with van der Waals surface area (Å²) in [6, 6.07) is 0. The Morgan fingerprint density at radius 2 is 2.22 bits per heavy atom. The molecule has 0 fully saturated rings. The second-order valence-electron chi connectivity index (χ2n) is 1.79. The fourth-order valence-electron chi connectivity index (χ4n) is 0.483. The van der Waals surface area contributed by atoms with E-state index in [1.165, 1.54) is 0 Å². The molecular weight excluding hydrogens is 132 g/mol. The maximum absolute atomic E-state index is 5.13. The Balaban J connectivity index is 2.66. The van der Waals surface area contributed by atoms with Crippen LogP contribution in [0.25, 0.3) is 0 Å². The lowest BCUT2D eigenvalue weighted by Gasteiger charge is -1.97. The van der Waals surface area contributed by atoms with Gasteiger partial charge in [-0.15, -0.1) is 6.58 Å². The molecule has 0 aromatic rings. The van der Waals surface area contributed by atoms with Crippen molar-refractivity contribution in [1.29, 1.82) is 0 Å². The molecule has 0 heterocycles. The van der Waals surface area contributed by atoms with Crippen LogP contribution >= 0.6 is 12.6 Å². The van der Waals surface area contributed by atoms with Crippen LogP contribution in [-0.2, 0) is 4.74 Å². The SMILES string of the molecule is C=CCOCCCCS. The summed E-state index contributed by atoms with van der Waals surface area (Å²) in [6.07, 6.45) is 4.01. The van der Waals surface area contributed by atoms with Crippen molar-refractivity contribution in [3.8, 4) is 0 Å². The zero-order valence-electron chi connectivity index (χ0n) is 5.68. The molecule has 1 nitrogen and oxygen atoms in total. The van der Waals surface area contributed by atoms with Crippen molar-refractivity contribution in [2.75, 3.05) is 19.0 Å². The Hall–Kier alpha value is 0.0500. The van der Waals surface area contributed by atoms with E-state index < -0.39 is 0 Å². The molecule has 0 amide bonds. The van der Waals surface area contributed by atoms with Gasteiger partial charge in [-0.3, -0.25) is 0 Å². The van der Waals surface area contributed by atoms with Gasteiger partial charge in [-0.2, -0.15) is 12.6 Å². The second-order valence-corrected chi connectivity index (χ2v) is 2.24. The molecule has 0 saturated carbocycles. The van der Waals surface area contributed by atoms with Crippen LogP contribution in [0.15, 0.2) is 12.7 Å². The van der Waals surface area contributed by atoms with Crippen molar-refractivity contribution >= 4 is 12.6 Å². The summed E-state index contributed by atoms with van der Waals surface area (Å²) in [5.74, 6) is 0.956. The second kappa shape index (κ2) is 8.05. The molecule has 9 heavy (non-hydrogen) atoms. The fraction of sp³-hybridized carbons (Fsp3) is 0.714. The summed E-state index contributed by atoms with van der Waals surface area (Å²) in [5, 5.41) is 0. The number of rotatable bonds is 6. The van der Waals surface area contributed by atoms with E-state index in [1.54, 1.807) is 6.08 Å². The molecular formula is C7H14OS. The quantitative estimate of drug-likeness (QED) is 0.342. The largest absolute Gasteiger partial charge is 0.377 e. The Morgan fingerprint density at radius 1 is 1.44 bits per heavy atom. The lowest BCUT2D eigenvalue weighted by atomic mass is 10.4. The molecule has 0 saturated heterocycles.